The van der Waals surface area contributed by atoms with Gasteiger partial charge < -0.3 is 4.74 Å². The first-order valence-corrected chi connectivity index (χ1v) is 10.6. The fourth-order valence-corrected chi connectivity index (χ4v) is 4.61. The van der Waals surface area contributed by atoms with Crippen molar-refractivity contribution < 1.29 is 9.53 Å². The van der Waals surface area contributed by atoms with Gasteiger partial charge in [-0.3, -0.25) is 14.6 Å². The molecular formula is C20H20Cl3N3O2S. The standard InChI is InChI=1S/C20H19Cl2N3O2S.ClH/c21-14-5-6-17-18(13-14)28-20(23-17)25(8-7-24-9-11-27-12-10-24)19(26)15-3-1-2-4-16(15)22;/h1-6,13H,7-12H2;1H. The molecule has 9 heteroatoms. The first kappa shape index (κ1) is 22.3. The number of amides is 1. The molecule has 0 N–H and O–H groups in total. The Morgan fingerprint density at radius 3 is 2.69 bits per heavy atom. The molecule has 0 atom stereocenters. The number of carbonyl (C=O) groups is 1. The van der Waals surface area contributed by atoms with Gasteiger partial charge in [0.2, 0.25) is 0 Å². The zero-order chi connectivity index (χ0) is 19.5. The first-order chi connectivity index (χ1) is 13.6. The Balaban J connectivity index is 0.00000240. The monoisotopic (exact) mass is 471 g/mol. The van der Waals surface area contributed by atoms with Gasteiger partial charge in [0.1, 0.15) is 0 Å². The van der Waals surface area contributed by atoms with Crippen LogP contribution in [0.15, 0.2) is 42.5 Å². The van der Waals surface area contributed by atoms with Crippen LogP contribution in [0.2, 0.25) is 10.0 Å². The molecule has 154 valence electrons. The third-order valence-electron chi connectivity index (χ3n) is 4.66. The van der Waals surface area contributed by atoms with Crippen molar-refractivity contribution in [2.75, 3.05) is 44.3 Å². The summed E-state index contributed by atoms with van der Waals surface area (Å²) in [6.07, 6.45) is 0. The minimum absolute atomic E-state index is 0. The lowest BCUT2D eigenvalue weighted by Gasteiger charge is -2.29. The maximum absolute atomic E-state index is 13.3. The molecule has 1 aromatic heterocycles. The van der Waals surface area contributed by atoms with Gasteiger partial charge in [-0.05, 0) is 30.3 Å². The van der Waals surface area contributed by atoms with E-state index in [1.165, 1.54) is 11.3 Å². The zero-order valence-electron chi connectivity index (χ0n) is 15.5. The van der Waals surface area contributed by atoms with Gasteiger partial charge in [-0.2, -0.15) is 0 Å². The molecular weight excluding hydrogens is 453 g/mol. The Morgan fingerprint density at radius 2 is 1.93 bits per heavy atom. The molecule has 2 aromatic carbocycles. The number of morpholine rings is 1. The maximum atomic E-state index is 13.3. The third-order valence-corrected chi connectivity index (χ3v) is 6.27. The average molecular weight is 473 g/mol. The Bertz CT molecular complexity index is 992. The van der Waals surface area contributed by atoms with Crippen LogP contribution in [0.1, 0.15) is 10.4 Å². The molecule has 1 aliphatic heterocycles. The van der Waals surface area contributed by atoms with Crippen molar-refractivity contribution in [2.45, 2.75) is 0 Å². The van der Waals surface area contributed by atoms with Crippen LogP contribution in [-0.4, -0.2) is 55.2 Å². The number of hydrogen-bond donors (Lipinski definition) is 0. The second-order valence-corrected chi connectivity index (χ2v) is 8.35. The van der Waals surface area contributed by atoms with Crippen LogP contribution < -0.4 is 4.90 Å². The summed E-state index contributed by atoms with van der Waals surface area (Å²) in [7, 11) is 0. The first-order valence-electron chi connectivity index (χ1n) is 9.04. The third kappa shape index (κ3) is 5.20. The molecule has 0 aliphatic carbocycles. The van der Waals surface area contributed by atoms with E-state index in [9.17, 15) is 4.79 Å². The van der Waals surface area contributed by atoms with E-state index in [0.29, 0.717) is 27.3 Å². The van der Waals surface area contributed by atoms with Crippen LogP contribution >= 0.6 is 46.9 Å². The number of fused-ring (bicyclic) bond motifs is 1. The fraction of sp³-hybridized carbons (Fsp3) is 0.300. The molecule has 0 bridgehead atoms. The van der Waals surface area contributed by atoms with Gasteiger partial charge >= 0.3 is 0 Å². The summed E-state index contributed by atoms with van der Waals surface area (Å²) >= 11 is 13.9. The Labute approximate surface area is 189 Å². The molecule has 1 amide bonds. The number of aromatic nitrogens is 1. The van der Waals surface area contributed by atoms with Crippen LogP contribution in [-0.2, 0) is 4.74 Å². The minimum atomic E-state index is -0.149. The number of rotatable bonds is 5. The van der Waals surface area contributed by atoms with Gasteiger partial charge in [-0.1, -0.05) is 46.7 Å². The van der Waals surface area contributed by atoms with E-state index in [4.69, 9.17) is 27.9 Å². The predicted octanol–water partition coefficient (Wildman–Crippen LogP) is 5.00. The van der Waals surface area contributed by atoms with Crippen molar-refractivity contribution in [3.63, 3.8) is 0 Å². The molecule has 5 nitrogen and oxygen atoms in total. The second kappa shape index (κ2) is 10.1. The van der Waals surface area contributed by atoms with Gasteiger partial charge in [-0.25, -0.2) is 4.98 Å². The fourth-order valence-electron chi connectivity index (χ4n) is 3.13. The summed E-state index contributed by atoms with van der Waals surface area (Å²) in [6, 6.07) is 12.7. The van der Waals surface area contributed by atoms with Crippen LogP contribution in [0.25, 0.3) is 10.2 Å². The lowest BCUT2D eigenvalue weighted by molar-refractivity contribution is 0.0391. The van der Waals surface area contributed by atoms with Crippen molar-refractivity contribution >= 4 is 68.2 Å². The lowest BCUT2D eigenvalue weighted by atomic mass is 10.2. The Kier molecular flexibility index (Phi) is 7.73. The Hall–Kier alpha value is -1.41. The summed E-state index contributed by atoms with van der Waals surface area (Å²) in [6.45, 7) is 4.44. The molecule has 4 rings (SSSR count). The summed E-state index contributed by atoms with van der Waals surface area (Å²) in [5.41, 5.74) is 1.30. The molecule has 1 saturated heterocycles. The summed E-state index contributed by atoms with van der Waals surface area (Å²) < 4.78 is 6.36. The molecule has 0 unspecified atom stereocenters. The summed E-state index contributed by atoms with van der Waals surface area (Å²) in [5, 5.41) is 1.74. The number of nitrogens with zero attached hydrogens (tertiary/aromatic N) is 3. The van der Waals surface area contributed by atoms with Crippen LogP contribution in [0.4, 0.5) is 5.13 Å². The number of benzene rings is 2. The largest absolute Gasteiger partial charge is 0.379 e. The van der Waals surface area contributed by atoms with E-state index in [1.54, 1.807) is 23.1 Å². The number of ether oxygens (including phenoxy) is 1. The highest BCUT2D eigenvalue weighted by molar-refractivity contribution is 7.22. The van der Waals surface area contributed by atoms with Crippen molar-refractivity contribution in [3.05, 3.63) is 58.1 Å². The lowest BCUT2D eigenvalue weighted by Crippen LogP contribution is -2.43. The topological polar surface area (TPSA) is 45.7 Å². The molecule has 29 heavy (non-hydrogen) atoms. The number of hydrogen-bond acceptors (Lipinski definition) is 5. The second-order valence-electron chi connectivity index (χ2n) is 6.50. The van der Waals surface area contributed by atoms with Crippen LogP contribution in [0.5, 0.6) is 0 Å². The van der Waals surface area contributed by atoms with E-state index in [0.717, 1.165) is 43.1 Å². The summed E-state index contributed by atoms with van der Waals surface area (Å²) in [4.78, 5) is 22.0. The predicted molar refractivity (Wildman–Crippen MR) is 122 cm³/mol. The highest BCUT2D eigenvalue weighted by Gasteiger charge is 2.24. The van der Waals surface area contributed by atoms with Gasteiger partial charge in [0, 0.05) is 31.2 Å². The van der Waals surface area contributed by atoms with E-state index in [1.807, 2.05) is 24.3 Å². The van der Waals surface area contributed by atoms with Gasteiger partial charge in [0.25, 0.3) is 5.91 Å². The van der Waals surface area contributed by atoms with Crippen LogP contribution in [0, 0.1) is 0 Å². The van der Waals surface area contributed by atoms with Crippen LogP contribution in [0.3, 0.4) is 0 Å². The van der Waals surface area contributed by atoms with Gasteiger partial charge in [0.05, 0.1) is 34.0 Å². The van der Waals surface area contributed by atoms with Crippen molar-refractivity contribution in [1.29, 1.82) is 0 Å². The minimum Gasteiger partial charge on any atom is -0.379 e. The van der Waals surface area contributed by atoms with E-state index >= 15 is 0 Å². The number of thiazole rings is 1. The zero-order valence-corrected chi connectivity index (χ0v) is 18.7. The van der Waals surface area contributed by atoms with E-state index < -0.39 is 0 Å². The van der Waals surface area contributed by atoms with Crippen molar-refractivity contribution in [3.8, 4) is 0 Å². The van der Waals surface area contributed by atoms with Crippen molar-refractivity contribution in [1.82, 2.24) is 9.88 Å². The number of carbonyl (C=O) groups excluding carboxylic acids is 1. The molecule has 0 spiro atoms. The molecule has 1 fully saturated rings. The molecule has 0 saturated carbocycles. The van der Waals surface area contributed by atoms with Crippen molar-refractivity contribution in [2.24, 2.45) is 0 Å². The SMILES string of the molecule is Cl.O=C(c1ccccc1Cl)N(CCN1CCOCC1)c1nc2ccc(Cl)cc2s1. The molecule has 2 heterocycles. The summed E-state index contributed by atoms with van der Waals surface area (Å²) in [5.74, 6) is -0.149. The highest BCUT2D eigenvalue weighted by Crippen LogP contribution is 2.32. The number of halogens is 3. The van der Waals surface area contributed by atoms with E-state index in [-0.39, 0.29) is 18.3 Å². The number of anilines is 1. The smallest absolute Gasteiger partial charge is 0.261 e. The maximum Gasteiger partial charge on any atom is 0.261 e. The Morgan fingerprint density at radius 1 is 1.17 bits per heavy atom. The van der Waals surface area contributed by atoms with Gasteiger partial charge in [0.15, 0.2) is 5.13 Å². The van der Waals surface area contributed by atoms with E-state index in [2.05, 4.69) is 9.88 Å². The average Bonchev–Trinajstić information content (AvgIpc) is 3.12. The molecule has 3 aromatic rings. The van der Waals surface area contributed by atoms with Gasteiger partial charge in [-0.15, -0.1) is 12.4 Å². The highest BCUT2D eigenvalue weighted by atomic mass is 35.5. The normalized spacial score (nSPS) is 14.6. The molecule has 0 radical (unpaired) electrons. The molecule has 1 aliphatic rings. The quantitative estimate of drug-likeness (QED) is 0.524.